The standard InChI is InChI=1S/C14H23N3O2/c1-13(2,3)7-8-16-11(18)10(9-15)12(19)17(16)14(4,5)6/h18H,7-8H2,1-6H3. The average Bonchev–Trinajstić information content (AvgIpc) is 2.45. The van der Waals surface area contributed by atoms with Crippen LogP contribution in [0.4, 0.5) is 0 Å². The van der Waals surface area contributed by atoms with Gasteiger partial charge in [0.1, 0.15) is 6.07 Å². The fourth-order valence-electron chi connectivity index (χ4n) is 1.95. The average molecular weight is 265 g/mol. The van der Waals surface area contributed by atoms with Gasteiger partial charge in [-0.15, -0.1) is 0 Å². The molecular weight excluding hydrogens is 242 g/mol. The number of aromatic nitrogens is 2. The molecule has 106 valence electrons. The van der Waals surface area contributed by atoms with Crippen molar-refractivity contribution in [2.24, 2.45) is 5.41 Å². The molecule has 0 aliphatic heterocycles. The second-order valence-corrected chi connectivity index (χ2v) is 7.03. The Morgan fingerprint density at radius 1 is 1.21 bits per heavy atom. The molecule has 0 amide bonds. The van der Waals surface area contributed by atoms with Crippen LogP contribution in [0.25, 0.3) is 0 Å². The summed E-state index contributed by atoms with van der Waals surface area (Å²) in [5, 5.41) is 19.1. The molecule has 1 heterocycles. The summed E-state index contributed by atoms with van der Waals surface area (Å²) in [6, 6.07) is 1.79. The predicted molar refractivity (Wildman–Crippen MR) is 74.1 cm³/mol. The Kier molecular flexibility index (Phi) is 3.85. The van der Waals surface area contributed by atoms with E-state index in [0.29, 0.717) is 6.54 Å². The van der Waals surface area contributed by atoms with Gasteiger partial charge in [-0.05, 0) is 32.6 Å². The smallest absolute Gasteiger partial charge is 0.289 e. The molecule has 1 N–H and O–H groups in total. The molecule has 0 atom stereocenters. The lowest BCUT2D eigenvalue weighted by molar-refractivity contribution is 0.234. The molecule has 1 rings (SSSR count). The first-order chi connectivity index (χ1) is 8.49. The summed E-state index contributed by atoms with van der Waals surface area (Å²) < 4.78 is 2.98. The summed E-state index contributed by atoms with van der Waals surface area (Å²) in [6.45, 7) is 12.4. The number of nitriles is 1. The van der Waals surface area contributed by atoms with E-state index < -0.39 is 11.1 Å². The molecule has 19 heavy (non-hydrogen) atoms. The molecule has 0 bridgehead atoms. The zero-order valence-corrected chi connectivity index (χ0v) is 12.6. The van der Waals surface area contributed by atoms with Crippen LogP contribution in [0, 0.1) is 16.7 Å². The Morgan fingerprint density at radius 2 is 1.74 bits per heavy atom. The Hall–Kier alpha value is -1.70. The van der Waals surface area contributed by atoms with Crippen molar-refractivity contribution in [3.63, 3.8) is 0 Å². The fourth-order valence-corrected chi connectivity index (χ4v) is 1.95. The Labute approximate surface area is 114 Å². The van der Waals surface area contributed by atoms with E-state index in [0.717, 1.165) is 6.42 Å². The normalized spacial score (nSPS) is 12.5. The number of aromatic hydroxyl groups is 1. The predicted octanol–water partition coefficient (Wildman–Crippen LogP) is 2.42. The number of hydrogen-bond acceptors (Lipinski definition) is 3. The first-order valence-corrected chi connectivity index (χ1v) is 6.44. The highest BCUT2D eigenvalue weighted by atomic mass is 16.3. The first-order valence-electron chi connectivity index (χ1n) is 6.44. The van der Waals surface area contributed by atoms with E-state index in [2.05, 4.69) is 20.8 Å². The van der Waals surface area contributed by atoms with E-state index >= 15 is 0 Å². The van der Waals surface area contributed by atoms with Gasteiger partial charge in [-0.25, -0.2) is 9.36 Å². The molecule has 1 aromatic rings. The topological polar surface area (TPSA) is 71.0 Å². The molecule has 0 spiro atoms. The highest BCUT2D eigenvalue weighted by Crippen LogP contribution is 2.24. The molecular formula is C14H23N3O2. The zero-order valence-electron chi connectivity index (χ0n) is 12.6. The third kappa shape index (κ3) is 3.19. The maximum atomic E-state index is 12.2. The Balaban J connectivity index is 3.38. The zero-order chi connectivity index (χ0) is 15.0. The van der Waals surface area contributed by atoms with Crippen molar-refractivity contribution in [2.45, 2.75) is 60.0 Å². The van der Waals surface area contributed by atoms with Gasteiger partial charge in [0.05, 0.1) is 5.54 Å². The second-order valence-electron chi connectivity index (χ2n) is 7.03. The van der Waals surface area contributed by atoms with Crippen LogP contribution in [0.5, 0.6) is 5.88 Å². The van der Waals surface area contributed by atoms with Crippen LogP contribution in [-0.4, -0.2) is 14.5 Å². The fraction of sp³-hybridized carbons (Fsp3) is 0.714. The SMILES string of the molecule is CC(C)(C)CCn1c(O)c(C#N)c(=O)n1C(C)(C)C. The van der Waals surface area contributed by atoms with Crippen molar-refractivity contribution in [1.29, 1.82) is 5.26 Å². The number of nitrogens with zero attached hydrogens (tertiary/aromatic N) is 3. The maximum absolute atomic E-state index is 12.2. The minimum atomic E-state index is -0.485. The van der Waals surface area contributed by atoms with Gasteiger partial charge < -0.3 is 5.11 Å². The lowest BCUT2D eigenvalue weighted by atomic mass is 9.92. The van der Waals surface area contributed by atoms with Crippen molar-refractivity contribution in [3.05, 3.63) is 15.9 Å². The third-order valence-electron chi connectivity index (χ3n) is 2.94. The number of hydrogen-bond donors (Lipinski definition) is 1. The molecule has 5 nitrogen and oxygen atoms in total. The van der Waals surface area contributed by atoms with E-state index in [1.54, 1.807) is 6.07 Å². The lowest BCUT2D eigenvalue weighted by Gasteiger charge is -2.26. The van der Waals surface area contributed by atoms with E-state index in [1.165, 1.54) is 9.36 Å². The molecule has 0 aromatic carbocycles. The van der Waals surface area contributed by atoms with Crippen molar-refractivity contribution in [1.82, 2.24) is 9.36 Å². The van der Waals surface area contributed by atoms with Gasteiger partial charge in [0.2, 0.25) is 5.88 Å². The Bertz CT molecular complexity index is 560. The van der Waals surface area contributed by atoms with Crippen molar-refractivity contribution < 1.29 is 5.11 Å². The van der Waals surface area contributed by atoms with Crippen LogP contribution >= 0.6 is 0 Å². The largest absolute Gasteiger partial charge is 0.492 e. The van der Waals surface area contributed by atoms with Gasteiger partial charge in [-0.3, -0.25) is 4.79 Å². The molecule has 0 aliphatic rings. The van der Waals surface area contributed by atoms with Crippen LogP contribution in [0.2, 0.25) is 0 Å². The molecule has 0 radical (unpaired) electrons. The minimum Gasteiger partial charge on any atom is -0.492 e. The summed E-state index contributed by atoms with van der Waals surface area (Å²) in [6.07, 6.45) is 0.801. The van der Waals surface area contributed by atoms with Gasteiger partial charge >= 0.3 is 0 Å². The maximum Gasteiger partial charge on any atom is 0.289 e. The first kappa shape index (κ1) is 15.4. The van der Waals surface area contributed by atoms with E-state index in [1.807, 2.05) is 20.8 Å². The van der Waals surface area contributed by atoms with Crippen molar-refractivity contribution >= 4 is 0 Å². The van der Waals surface area contributed by atoms with Gasteiger partial charge in [-0.1, -0.05) is 20.8 Å². The van der Waals surface area contributed by atoms with Gasteiger partial charge in [-0.2, -0.15) is 5.26 Å². The van der Waals surface area contributed by atoms with Gasteiger partial charge in [0, 0.05) is 6.54 Å². The lowest BCUT2D eigenvalue weighted by Crippen LogP contribution is -2.37. The molecule has 0 saturated carbocycles. The monoisotopic (exact) mass is 265 g/mol. The van der Waals surface area contributed by atoms with Crippen LogP contribution in [0.3, 0.4) is 0 Å². The Morgan fingerprint density at radius 3 is 2.11 bits per heavy atom. The molecule has 0 saturated heterocycles. The summed E-state index contributed by atoms with van der Waals surface area (Å²) >= 11 is 0. The van der Waals surface area contributed by atoms with Gasteiger partial charge in [0.15, 0.2) is 5.56 Å². The summed E-state index contributed by atoms with van der Waals surface area (Å²) in [4.78, 5) is 12.2. The second kappa shape index (κ2) is 4.76. The summed E-state index contributed by atoms with van der Waals surface area (Å²) in [5.41, 5.74) is -1.01. The summed E-state index contributed by atoms with van der Waals surface area (Å²) in [5.74, 6) is -0.230. The van der Waals surface area contributed by atoms with E-state index in [4.69, 9.17) is 5.26 Å². The highest BCUT2D eigenvalue weighted by molar-refractivity contribution is 5.36. The molecule has 0 unspecified atom stereocenters. The van der Waals surface area contributed by atoms with Crippen molar-refractivity contribution in [2.75, 3.05) is 0 Å². The van der Waals surface area contributed by atoms with Crippen LogP contribution in [-0.2, 0) is 12.1 Å². The number of rotatable bonds is 2. The van der Waals surface area contributed by atoms with Crippen molar-refractivity contribution in [3.8, 4) is 11.9 Å². The van der Waals surface area contributed by atoms with Gasteiger partial charge in [0.25, 0.3) is 5.56 Å². The van der Waals surface area contributed by atoms with E-state index in [-0.39, 0.29) is 16.9 Å². The van der Waals surface area contributed by atoms with Crippen LogP contribution < -0.4 is 5.56 Å². The summed E-state index contributed by atoms with van der Waals surface area (Å²) in [7, 11) is 0. The third-order valence-corrected chi connectivity index (χ3v) is 2.94. The molecule has 0 aliphatic carbocycles. The quantitative estimate of drug-likeness (QED) is 0.892. The van der Waals surface area contributed by atoms with Crippen LogP contribution in [0.1, 0.15) is 53.5 Å². The van der Waals surface area contributed by atoms with Crippen LogP contribution in [0.15, 0.2) is 4.79 Å². The minimum absolute atomic E-state index is 0.0856. The molecule has 0 fully saturated rings. The highest BCUT2D eigenvalue weighted by Gasteiger charge is 2.27. The molecule has 1 aromatic heterocycles. The van der Waals surface area contributed by atoms with E-state index in [9.17, 15) is 9.90 Å². The molecule has 5 heteroatoms.